The van der Waals surface area contributed by atoms with Crippen LogP contribution >= 0.6 is 24.8 Å². The molecule has 1 amide bonds. The zero-order valence-corrected chi connectivity index (χ0v) is 14.3. The van der Waals surface area contributed by atoms with Crippen molar-refractivity contribution in [2.75, 3.05) is 13.1 Å². The third kappa shape index (κ3) is 5.46. The Bertz CT molecular complexity index is 439. The van der Waals surface area contributed by atoms with Crippen LogP contribution in [0.2, 0.25) is 0 Å². The Hall–Kier alpha value is -0.840. The van der Waals surface area contributed by atoms with Gasteiger partial charge in [0.05, 0.1) is 6.42 Å². The predicted molar refractivity (Wildman–Crippen MR) is 90.1 cm³/mol. The van der Waals surface area contributed by atoms with Crippen molar-refractivity contribution in [2.45, 2.75) is 39.2 Å². The fraction of sp³-hybridized carbons (Fsp3) is 0.600. The molecule has 0 aromatic carbocycles. The maximum Gasteiger partial charge on any atom is 0.227 e. The summed E-state index contributed by atoms with van der Waals surface area (Å²) in [5.74, 6) is 0.839. The number of halogens is 2. The highest BCUT2D eigenvalue weighted by Crippen LogP contribution is 2.22. The normalized spacial score (nSPS) is 21.2. The van der Waals surface area contributed by atoms with Gasteiger partial charge in [-0.25, -0.2) is 0 Å². The van der Waals surface area contributed by atoms with Gasteiger partial charge in [-0.15, -0.1) is 24.8 Å². The summed E-state index contributed by atoms with van der Waals surface area (Å²) in [5.41, 5.74) is 7.75. The van der Waals surface area contributed by atoms with Crippen molar-refractivity contribution < 1.29 is 4.79 Å². The smallest absolute Gasteiger partial charge is 0.227 e. The number of likely N-dealkylation sites (tertiary alicyclic amines) is 1. The van der Waals surface area contributed by atoms with E-state index in [9.17, 15) is 4.79 Å². The molecule has 2 rings (SSSR count). The Labute approximate surface area is 139 Å². The lowest BCUT2D eigenvalue weighted by molar-refractivity contribution is -0.134. The number of nitrogens with zero attached hydrogens (tertiary/aromatic N) is 2. The fourth-order valence-electron chi connectivity index (χ4n) is 2.68. The van der Waals surface area contributed by atoms with E-state index in [1.165, 1.54) is 0 Å². The lowest BCUT2D eigenvalue weighted by atomic mass is 9.92. The summed E-state index contributed by atoms with van der Waals surface area (Å²) in [6.45, 7) is 5.57. The van der Waals surface area contributed by atoms with Crippen LogP contribution in [0.5, 0.6) is 0 Å². The van der Waals surface area contributed by atoms with Crippen molar-refractivity contribution in [3.63, 3.8) is 0 Å². The lowest BCUT2D eigenvalue weighted by Crippen LogP contribution is -2.49. The molecule has 6 heteroatoms. The molecule has 2 heterocycles. The number of pyridine rings is 1. The number of aromatic nitrogens is 1. The molecule has 21 heavy (non-hydrogen) atoms. The topological polar surface area (TPSA) is 59.2 Å². The van der Waals surface area contributed by atoms with E-state index in [1.54, 1.807) is 6.20 Å². The van der Waals surface area contributed by atoms with Crippen molar-refractivity contribution in [3.8, 4) is 0 Å². The second-order valence-electron chi connectivity index (χ2n) is 5.59. The summed E-state index contributed by atoms with van der Waals surface area (Å²) in [5, 5.41) is 0. The van der Waals surface area contributed by atoms with E-state index in [-0.39, 0.29) is 36.8 Å². The van der Waals surface area contributed by atoms with Gasteiger partial charge in [0, 0.05) is 31.0 Å². The van der Waals surface area contributed by atoms with Crippen LogP contribution in [0, 0.1) is 12.8 Å². The fourth-order valence-corrected chi connectivity index (χ4v) is 2.68. The molecule has 2 unspecified atom stereocenters. The van der Waals surface area contributed by atoms with Crippen LogP contribution in [-0.4, -0.2) is 34.9 Å². The summed E-state index contributed by atoms with van der Waals surface area (Å²) < 4.78 is 0. The molecule has 0 bridgehead atoms. The van der Waals surface area contributed by atoms with Crippen molar-refractivity contribution in [2.24, 2.45) is 11.7 Å². The first-order valence-corrected chi connectivity index (χ1v) is 7.01. The summed E-state index contributed by atoms with van der Waals surface area (Å²) in [6.07, 6.45) is 4.32. The Morgan fingerprint density at radius 1 is 1.43 bits per heavy atom. The van der Waals surface area contributed by atoms with E-state index >= 15 is 0 Å². The molecule has 0 saturated carbocycles. The number of rotatable bonds is 3. The highest BCUT2D eigenvalue weighted by molar-refractivity contribution is 5.85. The van der Waals surface area contributed by atoms with E-state index < -0.39 is 0 Å². The van der Waals surface area contributed by atoms with Crippen molar-refractivity contribution in [3.05, 3.63) is 29.6 Å². The standard InChI is InChI=1S/C15H23N3O.2ClH/c1-11-5-6-18(14(7-11)9-16)15(19)8-13-4-3-12(2)17-10-13;;/h3-4,10-11,14H,5-9,16H2,1-2H3;2*1H. The van der Waals surface area contributed by atoms with E-state index in [4.69, 9.17) is 5.73 Å². The first-order chi connectivity index (χ1) is 9.10. The van der Waals surface area contributed by atoms with Gasteiger partial charge in [-0.1, -0.05) is 13.0 Å². The van der Waals surface area contributed by atoms with Crippen LogP contribution in [0.3, 0.4) is 0 Å². The van der Waals surface area contributed by atoms with Crippen LogP contribution in [0.15, 0.2) is 18.3 Å². The van der Waals surface area contributed by atoms with E-state index in [2.05, 4.69) is 11.9 Å². The molecular weight excluding hydrogens is 309 g/mol. The van der Waals surface area contributed by atoms with Crippen molar-refractivity contribution in [1.82, 2.24) is 9.88 Å². The molecule has 1 fully saturated rings. The molecule has 0 spiro atoms. The van der Waals surface area contributed by atoms with Crippen LogP contribution in [0.1, 0.15) is 31.0 Å². The molecular formula is C15H25Cl2N3O. The van der Waals surface area contributed by atoms with E-state index in [1.807, 2.05) is 24.0 Å². The largest absolute Gasteiger partial charge is 0.338 e. The van der Waals surface area contributed by atoms with Gasteiger partial charge in [-0.3, -0.25) is 9.78 Å². The van der Waals surface area contributed by atoms with Gasteiger partial charge in [0.2, 0.25) is 5.91 Å². The minimum atomic E-state index is 0. The maximum atomic E-state index is 12.4. The predicted octanol–water partition coefficient (Wildman–Crippen LogP) is 2.36. The average molecular weight is 334 g/mol. The first-order valence-electron chi connectivity index (χ1n) is 7.01. The number of hydrogen-bond donors (Lipinski definition) is 1. The molecule has 0 radical (unpaired) electrons. The maximum absolute atomic E-state index is 12.4. The average Bonchev–Trinajstić information content (AvgIpc) is 2.41. The van der Waals surface area contributed by atoms with Crippen LogP contribution in [-0.2, 0) is 11.2 Å². The highest BCUT2D eigenvalue weighted by atomic mass is 35.5. The van der Waals surface area contributed by atoms with Gasteiger partial charge in [0.1, 0.15) is 0 Å². The third-order valence-electron chi connectivity index (χ3n) is 3.90. The minimum absolute atomic E-state index is 0. The summed E-state index contributed by atoms with van der Waals surface area (Å²) in [7, 11) is 0. The molecule has 120 valence electrons. The molecule has 1 aromatic rings. The summed E-state index contributed by atoms with van der Waals surface area (Å²) >= 11 is 0. The van der Waals surface area contributed by atoms with Gasteiger partial charge in [-0.05, 0) is 37.3 Å². The number of carbonyl (C=O) groups excluding carboxylic acids is 1. The molecule has 0 aliphatic carbocycles. The Balaban J connectivity index is 0.00000200. The Kier molecular flexibility index (Phi) is 8.86. The van der Waals surface area contributed by atoms with Gasteiger partial charge < -0.3 is 10.6 Å². The number of hydrogen-bond acceptors (Lipinski definition) is 3. The Morgan fingerprint density at radius 2 is 2.14 bits per heavy atom. The van der Waals surface area contributed by atoms with E-state index in [0.717, 1.165) is 30.6 Å². The van der Waals surface area contributed by atoms with Crippen molar-refractivity contribution >= 4 is 30.7 Å². The number of carbonyl (C=O) groups is 1. The minimum Gasteiger partial charge on any atom is -0.338 e. The van der Waals surface area contributed by atoms with Gasteiger partial charge in [0.25, 0.3) is 0 Å². The summed E-state index contributed by atoms with van der Waals surface area (Å²) in [6, 6.07) is 4.13. The molecule has 1 saturated heterocycles. The second kappa shape index (κ2) is 9.23. The Morgan fingerprint density at radius 3 is 2.71 bits per heavy atom. The van der Waals surface area contributed by atoms with Gasteiger partial charge in [-0.2, -0.15) is 0 Å². The first kappa shape index (κ1) is 20.2. The number of piperidine rings is 1. The summed E-state index contributed by atoms with van der Waals surface area (Å²) in [4.78, 5) is 18.6. The van der Waals surface area contributed by atoms with Crippen LogP contribution < -0.4 is 5.73 Å². The quantitative estimate of drug-likeness (QED) is 0.923. The van der Waals surface area contributed by atoms with Gasteiger partial charge in [0.15, 0.2) is 0 Å². The SMILES string of the molecule is Cc1ccc(CC(=O)N2CCC(C)CC2CN)cn1.Cl.Cl. The molecule has 2 N–H and O–H groups in total. The molecule has 2 atom stereocenters. The molecule has 4 nitrogen and oxygen atoms in total. The van der Waals surface area contributed by atoms with E-state index in [0.29, 0.717) is 18.9 Å². The third-order valence-corrected chi connectivity index (χ3v) is 3.90. The molecule has 1 aliphatic rings. The van der Waals surface area contributed by atoms with Gasteiger partial charge >= 0.3 is 0 Å². The second-order valence-corrected chi connectivity index (χ2v) is 5.59. The van der Waals surface area contributed by atoms with Crippen LogP contribution in [0.4, 0.5) is 0 Å². The molecule has 1 aromatic heterocycles. The molecule has 1 aliphatic heterocycles. The number of amides is 1. The highest BCUT2D eigenvalue weighted by Gasteiger charge is 2.28. The zero-order valence-electron chi connectivity index (χ0n) is 12.6. The van der Waals surface area contributed by atoms with Crippen LogP contribution in [0.25, 0.3) is 0 Å². The monoisotopic (exact) mass is 333 g/mol. The lowest BCUT2D eigenvalue weighted by Gasteiger charge is -2.38. The number of aryl methyl sites for hydroxylation is 1. The zero-order chi connectivity index (χ0) is 13.8. The number of nitrogens with two attached hydrogens (primary N) is 1. The van der Waals surface area contributed by atoms with Crippen molar-refractivity contribution in [1.29, 1.82) is 0 Å².